The zero-order valence-electron chi connectivity index (χ0n) is 13.6. The second-order valence-corrected chi connectivity index (χ2v) is 7.73. The van der Waals surface area contributed by atoms with Gasteiger partial charge in [0.2, 0.25) is 0 Å². The first kappa shape index (κ1) is 17.8. The molecule has 1 aliphatic rings. The SMILES string of the molecule is Cc1nc(NS(=O)(=O)c2cc(F)ccc2F)ccc1COCC1CC1. The number of nitrogens with one attached hydrogen (secondary N) is 1. The van der Waals surface area contributed by atoms with Crippen LogP contribution >= 0.6 is 0 Å². The lowest BCUT2D eigenvalue weighted by atomic mass is 10.2. The van der Waals surface area contributed by atoms with Crippen LogP contribution in [-0.2, 0) is 21.4 Å². The quantitative estimate of drug-likeness (QED) is 0.813. The summed E-state index contributed by atoms with van der Waals surface area (Å²) < 4.78 is 59.2. The van der Waals surface area contributed by atoms with Crippen LogP contribution in [0.4, 0.5) is 14.6 Å². The van der Waals surface area contributed by atoms with Crippen molar-refractivity contribution in [2.75, 3.05) is 11.3 Å². The topological polar surface area (TPSA) is 68.3 Å². The fourth-order valence-electron chi connectivity index (χ4n) is 2.30. The summed E-state index contributed by atoms with van der Waals surface area (Å²) in [5, 5.41) is 0. The number of benzene rings is 1. The number of sulfonamides is 1. The number of rotatable bonds is 7. The second-order valence-electron chi connectivity index (χ2n) is 6.08. The Morgan fingerprint density at radius 1 is 1.24 bits per heavy atom. The number of hydrogen-bond donors (Lipinski definition) is 1. The van der Waals surface area contributed by atoms with Gasteiger partial charge < -0.3 is 4.74 Å². The molecular formula is C17H18F2N2O3S. The van der Waals surface area contributed by atoms with Gasteiger partial charge in [-0.15, -0.1) is 0 Å². The Bertz CT molecular complexity index is 883. The van der Waals surface area contributed by atoms with E-state index in [0.717, 1.165) is 17.7 Å². The second kappa shape index (κ2) is 7.05. The van der Waals surface area contributed by atoms with Gasteiger partial charge in [0.25, 0.3) is 10.0 Å². The first-order valence-electron chi connectivity index (χ1n) is 7.87. The van der Waals surface area contributed by atoms with E-state index in [-0.39, 0.29) is 5.82 Å². The van der Waals surface area contributed by atoms with Crippen molar-refractivity contribution in [1.29, 1.82) is 0 Å². The molecule has 1 aromatic carbocycles. The number of nitrogens with zero attached hydrogens (tertiary/aromatic N) is 1. The number of aryl methyl sites for hydroxylation is 1. The summed E-state index contributed by atoms with van der Waals surface area (Å²) >= 11 is 0. The Labute approximate surface area is 145 Å². The normalized spacial score (nSPS) is 14.5. The molecule has 0 unspecified atom stereocenters. The van der Waals surface area contributed by atoms with Crippen molar-refractivity contribution in [2.24, 2.45) is 5.92 Å². The number of anilines is 1. The molecule has 1 aromatic heterocycles. The third-order valence-electron chi connectivity index (χ3n) is 3.93. The molecule has 3 rings (SSSR count). The van der Waals surface area contributed by atoms with E-state index in [1.165, 1.54) is 18.9 Å². The average molecular weight is 368 g/mol. The average Bonchev–Trinajstić information content (AvgIpc) is 3.35. The van der Waals surface area contributed by atoms with Crippen LogP contribution in [0.1, 0.15) is 24.1 Å². The Morgan fingerprint density at radius 3 is 2.68 bits per heavy atom. The van der Waals surface area contributed by atoms with Crippen molar-refractivity contribution >= 4 is 15.8 Å². The van der Waals surface area contributed by atoms with Crippen LogP contribution in [0.5, 0.6) is 0 Å². The fourth-order valence-corrected chi connectivity index (χ4v) is 3.39. The molecule has 0 radical (unpaired) electrons. The highest BCUT2D eigenvalue weighted by molar-refractivity contribution is 7.92. The van der Waals surface area contributed by atoms with Crippen molar-refractivity contribution in [3.63, 3.8) is 0 Å². The minimum atomic E-state index is -4.27. The van der Waals surface area contributed by atoms with E-state index in [9.17, 15) is 17.2 Å². The highest BCUT2D eigenvalue weighted by atomic mass is 32.2. The molecule has 25 heavy (non-hydrogen) atoms. The van der Waals surface area contributed by atoms with Gasteiger partial charge in [0.05, 0.1) is 6.61 Å². The van der Waals surface area contributed by atoms with E-state index in [1.807, 2.05) is 0 Å². The Morgan fingerprint density at radius 2 is 2.00 bits per heavy atom. The van der Waals surface area contributed by atoms with Gasteiger partial charge >= 0.3 is 0 Å². The van der Waals surface area contributed by atoms with E-state index in [0.29, 0.717) is 30.9 Å². The molecule has 8 heteroatoms. The number of halogens is 2. The summed E-state index contributed by atoms with van der Waals surface area (Å²) in [6.45, 7) is 2.85. The molecule has 1 heterocycles. The molecule has 134 valence electrons. The van der Waals surface area contributed by atoms with Crippen LogP contribution in [0.15, 0.2) is 35.2 Å². The first-order chi connectivity index (χ1) is 11.8. The standard InChI is InChI=1S/C17H18F2N2O3S/c1-11-13(10-24-9-12-2-3-12)4-7-17(20-11)21-25(22,23)16-8-14(18)5-6-15(16)19/h4-8,12H,2-3,9-10H2,1H3,(H,20,21). The summed E-state index contributed by atoms with van der Waals surface area (Å²) in [5.41, 5.74) is 1.45. The predicted molar refractivity (Wildman–Crippen MR) is 88.5 cm³/mol. The van der Waals surface area contributed by atoms with E-state index in [1.54, 1.807) is 13.0 Å². The van der Waals surface area contributed by atoms with E-state index < -0.39 is 26.6 Å². The third kappa shape index (κ3) is 4.52. The molecule has 0 aliphatic heterocycles. The molecule has 0 amide bonds. The summed E-state index contributed by atoms with van der Waals surface area (Å²) in [6.07, 6.45) is 2.41. The van der Waals surface area contributed by atoms with Gasteiger partial charge in [-0.2, -0.15) is 0 Å². The summed E-state index contributed by atoms with van der Waals surface area (Å²) in [5.74, 6) is -1.18. The summed E-state index contributed by atoms with van der Waals surface area (Å²) in [4.78, 5) is 3.40. The van der Waals surface area contributed by atoms with Crippen molar-refractivity contribution in [3.8, 4) is 0 Å². The molecular weight excluding hydrogens is 350 g/mol. The third-order valence-corrected chi connectivity index (χ3v) is 5.29. The molecule has 0 bridgehead atoms. The first-order valence-corrected chi connectivity index (χ1v) is 9.35. The highest BCUT2D eigenvalue weighted by Crippen LogP contribution is 2.29. The molecule has 0 saturated heterocycles. The van der Waals surface area contributed by atoms with Gasteiger partial charge in [0.15, 0.2) is 0 Å². The van der Waals surface area contributed by atoms with Gasteiger partial charge in [0, 0.05) is 12.3 Å². The lowest BCUT2D eigenvalue weighted by Gasteiger charge is -2.11. The number of ether oxygens (including phenoxy) is 1. The van der Waals surface area contributed by atoms with E-state index >= 15 is 0 Å². The van der Waals surface area contributed by atoms with Crippen LogP contribution in [0.25, 0.3) is 0 Å². The zero-order chi connectivity index (χ0) is 18.0. The van der Waals surface area contributed by atoms with Gasteiger partial charge in [-0.1, -0.05) is 6.07 Å². The van der Waals surface area contributed by atoms with Crippen LogP contribution < -0.4 is 4.72 Å². The lowest BCUT2D eigenvalue weighted by Crippen LogP contribution is -2.16. The van der Waals surface area contributed by atoms with Gasteiger partial charge in [-0.3, -0.25) is 4.72 Å². The van der Waals surface area contributed by atoms with Crippen molar-refractivity contribution in [3.05, 3.63) is 53.2 Å². The maximum absolute atomic E-state index is 13.7. The molecule has 5 nitrogen and oxygen atoms in total. The molecule has 2 aromatic rings. The fraction of sp³-hybridized carbons (Fsp3) is 0.353. The Kier molecular flexibility index (Phi) is 5.01. The van der Waals surface area contributed by atoms with Gasteiger partial charge in [-0.05, 0) is 55.5 Å². The van der Waals surface area contributed by atoms with E-state index in [4.69, 9.17) is 4.74 Å². The molecule has 0 spiro atoms. The van der Waals surface area contributed by atoms with Crippen molar-refractivity contribution < 1.29 is 21.9 Å². The molecule has 1 aliphatic carbocycles. The maximum Gasteiger partial charge on any atom is 0.266 e. The predicted octanol–water partition coefficient (Wildman–Crippen LogP) is 3.40. The minimum absolute atomic E-state index is 0.0344. The molecule has 1 fully saturated rings. The molecule has 1 saturated carbocycles. The number of aromatic nitrogens is 1. The van der Waals surface area contributed by atoms with Crippen LogP contribution in [-0.4, -0.2) is 20.0 Å². The van der Waals surface area contributed by atoms with Crippen molar-refractivity contribution in [2.45, 2.75) is 31.3 Å². The monoisotopic (exact) mass is 368 g/mol. The maximum atomic E-state index is 13.7. The summed E-state index contributed by atoms with van der Waals surface area (Å²) in [7, 11) is -4.27. The molecule has 1 N–H and O–H groups in total. The highest BCUT2D eigenvalue weighted by Gasteiger charge is 2.22. The number of pyridine rings is 1. The summed E-state index contributed by atoms with van der Waals surface area (Å²) in [6, 6.07) is 5.42. The van der Waals surface area contributed by atoms with Gasteiger partial charge in [-0.25, -0.2) is 22.2 Å². The largest absolute Gasteiger partial charge is 0.376 e. The van der Waals surface area contributed by atoms with Crippen LogP contribution in [0.2, 0.25) is 0 Å². The number of hydrogen-bond acceptors (Lipinski definition) is 4. The molecule has 0 atom stereocenters. The smallest absolute Gasteiger partial charge is 0.266 e. The Balaban J connectivity index is 1.73. The van der Waals surface area contributed by atoms with Crippen LogP contribution in [0, 0.1) is 24.5 Å². The van der Waals surface area contributed by atoms with Gasteiger partial charge in [0.1, 0.15) is 22.3 Å². The lowest BCUT2D eigenvalue weighted by molar-refractivity contribution is 0.110. The Hall–Kier alpha value is -2.06. The zero-order valence-corrected chi connectivity index (χ0v) is 14.4. The minimum Gasteiger partial charge on any atom is -0.376 e. The van der Waals surface area contributed by atoms with E-state index in [2.05, 4.69) is 9.71 Å². The van der Waals surface area contributed by atoms with Crippen molar-refractivity contribution in [1.82, 2.24) is 4.98 Å². The van der Waals surface area contributed by atoms with Crippen LogP contribution in [0.3, 0.4) is 0 Å².